The summed E-state index contributed by atoms with van der Waals surface area (Å²) in [4.78, 5) is 56.9. The number of aromatic amines is 1. The molecule has 1 aromatic carbocycles. The quantitative estimate of drug-likeness (QED) is 0.290. The summed E-state index contributed by atoms with van der Waals surface area (Å²) in [6, 6.07) is 7.54. The molecule has 0 saturated carbocycles. The van der Waals surface area contributed by atoms with Crippen molar-refractivity contribution in [1.29, 1.82) is 0 Å². The summed E-state index contributed by atoms with van der Waals surface area (Å²) in [6.45, 7) is 0.493. The molecule has 0 unspecified atom stereocenters. The SMILES string of the molecule is O=C(CCCN1C(=O)c2ccc([N+](=O)[O-])cc2C1=O)NCCc1[nH]cnc1-c1cccs1. The molecule has 0 spiro atoms. The Bertz CT molecular complexity index is 1190. The van der Waals surface area contributed by atoms with Gasteiger partial charge in [-0.25, -0.2) is 4.98 Å². The molecule has 0 saturated heterocycles. The zero-order chi connectivity index (χ0) is 22.7. The van der Waals surface area contributed by atoms with Crippen LogP contribution in [-0.2, 0) is 11.2 Å². The van der Waals surface area contributed by atoms with Gasteiger partial charge >= 0.3 is 0 Å². The predicted molar refractivity (Wildman–Crippen MR) is 116 cm³/mol. The van der Waals surface area contributed by atoms with E-state index in [1.165, 1.54) is 12.1 Å². The molecule has 10 nitrogen and oxygen atoms in total. The van der Waals surface area contributed by atoms with Gasteiger partial charge in [-0.15, -0.1) is 11.3 Å². The van der Waals surface area contributed by atoms with Gasteiger partial charge in [0, 0.05) is 43.8 Å². The Morgan fingerprint density at radius 3 is 2.78 bits per heavy atom. The number of imidazole rings is 1. The van der Waals surface area contributed by atoms with Crippen LogP contribution < -0.4 is 5.32 Å². The van der Waals surface area contributed by atoms with Gasteiger partial charge in [-0.1, -0.05) is 6.07 Å². The Kier molecular flexibility index (Phi) is 6.08. The zero-order valence-electron chi connectivity index (χ0n) is 16.9. The number of rotatable bonds is 9. The summed E-state index contributed by atoms with van der Waals surface area (Å²) in [6.07, 6.45) is 2.66. The Balaban J connectivity index is 1.24. The third-order valence-corrected chi connectivity index (χ3v) is 6.00. The maximum atomic E-state index is 12.5. The second-order valence-corrected chi connectivity index (χ2v) is 8.11. The van der Waals surface area contributed by atoms with Crippen molar-refractivity contribution in [2.24, 2.45) is 0 Å². The van der Waals surface area contributed by atoms with Gasteiger partial charge in [-0.2, -0.15) is 0 Å². The lowest BCUT2D eigenvalue weighted by atomic mass is 10.1. The van der Waals surface area contributed by atoms with E-state index in [0.29, 0.717) is 19.4 Å². The van der Waals surface area contributed by atoms with E-state index in [9.17, 15) is 24.5 Å². The van der Waals surface area contributed by atoms with Gasteiger partial charge in [0.25, 0.3) is 17.5 Å². The molecule has 0 aliphatic carbocycles. The minimum atomic E-state index is -0.613. The Morgan fingerprint density at radius 1 is 1.22 bits per heavy atom. The number of imide groups is 1. The first-order chi connectivity index (χ1) is 15.5. The Labute approximate surface area is 186 Å². The minimum absolute atomic E-state index is 0.0229. The number of aromatic nitrogens is 2. The van der Waals surface area contributed by atoms with Gasteiger partial charge in [0.2, 0.25) is 5.91 Å². The summed E-state index contributed by atoms with van der Waals surface area (Å²) in [5, 5.41) is 15.7. The van der Waals surface area contributed by atoms with Crippen molar-refractivity contribution in [2.45, 2.75) is 19.3 Å². The molecule has 3 heterocycles. The number of nitro groups is 1. The van der Waals surface area contributed by atoms with Crippen LogP contribution in [0.3, 0.4) is 0 Å². The molecule has 0 bridgehead atoms. The lowest BCUT2D eigenvalue weighted by Gasteiger charge is -2.13. The lowest BCUT2D eigenvalue weighted by molar-refractivity contribution is -0.384. The number of hydrogen-bond acceptors (Lipinski definition) is 7. The Morgan fingerprint density at radius 2 is 2.03 bits per heavy atom. The largest absolute Gasteiger partial charge is 0.356 e. The summed E-state index contributed by atoms with van der Waals surface area (Å²) in [7, 11) is 0. The number of thiophene rings is 1. The van der Waals surface area contributed by atoms with Crippen LogP contribution in [0.2, 0.25) is 0 Å². The van der Waals surface area contributed by atoms with E-state index < -0.39 is 16.7 Å². The van der Waals surface area contributed by atoms with E-state index in [-0.39, 0.29) is 35.7 Å². The number of nitro benzene ring substituents is 1. The smallest absolute Gasteiger partial charge is 0.270 e. The fourth-order valence-electron chi connectivity index (χ4n) is 3.55. The van der Waals surface area contributed by atoms with E-state index >= 15 is 0 Å². The molecule has 2 aromatic heterocycles. The molecule has 32 heavy (non-hydrogen) atoms. The number of H-pyrrole nitrogens is 1. The minimum Gasteiger partial charge on any atom is -0.356 e. The molecular formula is C21H19N5O5S. The average Bonchev–Trinajstić information content (AvgIpc) is 3.51. The number of nitrogens with one attached hydrogen (secondary N) is 2. The van der Waals surface area contributed by atoms with Crippen LogP contribution in [0.1, 0.15) is 39.3 Å². The van der Waals surface area contributed by atoms with Crippen LogP contribution in [0.4, 0.5) is 5.69 Å². The first kappa shape index (κ1) is 21.4. The van der Waals surface area contributed by atoms with E-state index in [4.69, 9.17) is 0 Å². The summed E-state index contributed by atoms with van der Waals surface area (Å²) >= 11 is 1.59. The maximum Gasteiger partial charge on any atom is 0.270 e. The topological polar surface area (TPSA) is 138 Å². The number of benzene rings is 1. The average molecular weight is 453 g/mol. The summed E-state index contributed by atoms with van der Waals surface area (Å²) < 4.78 is 0. The van der Waals surface area contributed by atoms with Crippen LogP contribution in [0, 0.1) is 10.1 Å². The predicted octanol–water partition coefficient (Wildman–Crippen LogP) is 2.78. The van der Waals surface area contributed by atoms with Crippen molar-refractivity contribution < 1.29 is 19.3 Å². The van der Waals surface area contributed by atoms with Crippen LogP contribution in [0.15, 0.2) is 42.0 Å². The Hall–Kier alpha value is -3.86. The maximum absolute atomic E-state index is 12.5. The van der Waals surface area contributed by atoms with Gasteiger partial charge < -0.3 is 10.3 Å². The highest BCUT2D eigenvalue weighted by Crippen LogP contribution is 2.27. The van der Waals surface area contributed by atoms with Crippen LogP contribution >= 0.6 is 11.3 Å². The van der Waals surface area contributed by atoms with Crippen molar-refractivity contribution in [3.05, 3.63) is 69.0 Å². The molecule has 164 valence electrons. The highest BCUT2D eigenvalue weighted by molar-refractivity contribution is 7.13. The molecule has 11 heteroatoms. The first-order valence-electron chi connectivity index (χ1n) is 9.93. The molecule has 0 fully saturated rings. The van der Waals surface area contributed by atoms with E-state index in [0.717, 1.165) is 27.2 Å². The zero-order valence-corrected chi connectivity index (χ0v) is 17.7. The molecular weight excluding hydrogens is 434 g/mol. The normalized spacial score (nSPS) is 12.8. The lowest BCUT2D eigenvalue weighted by Crippen LogP contribution is -2.32. The highest BCUT2D eigenvalue weighted by Gasteiger charge is 2.36. The highest BCUT2D eigenvalue weighted by atomic mass is 32.1. The second kappa shape index (κ2) is 9.10. The van der Waals surface area contributed by atoms with Gasteiger partial charge in [0.15, 0.2) is 0 Å². The first-order valence-corrected chi connectivity index (χ1v) is 10.8. The second-order valence-electron chi connectivity index (χ2n) is 7.16. The number of fused-ring (bicyclic) bond motifs is 1. The fraction of sp³-hybridized carbons (Fsp3) is 0.238. The molecule has 1 aliphatic rings. The molecule has 2 N–H and O–H groups in total. The molecule has 1 aliphatic heterocycles. The van der Waals surface area contributed by atoms with Gasteiger partial charge in [0.1, 0.15) is 5.69 Å². The fourth-order valence-corrected chi connectivity index (χ4v) is 4.29. The van der Waals surface area contributed by atoms with Gasteiger partial charge in [0.05, 0.1) is 27.3 Å². The van der Waals surface area contributed by atoms with Crippen LogP contribution in [-0.4, -0.2) is 50.6 Å². The standard InChI is InChI=1S/C21H19N5O5S/c27-18(22-8-7-16-19(24-12-23-16)17-3-2-10-32-17)4-1-9-25-20(28)14-6-5-13(26(30)31)11-15(14)21(25)29/h2-3,5-6,10-12H,1,4,7-9H2,(H,22,27)(H,23,24). The van der Waals surface area contributed by atoms with E-state index in [1.54, 1.807) is 17.7 Å². The number of non-ortho nitro benzene ring substituents is 1. The third kappa shape index (κ3) is 4.28. The monoisotopic (exact) mass is 453 g/mol. The van der Waals surface area contributed by atoms with Crippen molar-refractivity contribution in [1.82, 2.24) is 20.2 Å². The summed E-state index contributed by atoms with van der Waals surface area (Å²) in [5.41, 5.74) is 1.74. The molecule has 3 aromatic rings. The number of carbonyl (C=O) groups is 3. The van der Waals surface area contributed by atoms with Crippen molar-refractivity contribution >= 4 is 34.7 Å². The van der Waals surface area contributed by atoms with Crippen molar-refractivity contribution in [3.8, 4) is 10.6 Å². The van der Waals surface area contributed by atoms with E-state index in [2.05, 4.69) is 15.3 Å². The number of amides is 3. The molecule has 0 radical (unpaired) electrons. The van der Waals surface area contributed by atoms with Gasteiger partial charge in [-0.05, 0) is 23.9 Å². The summed E-state index contributed by atoms with van der Waals surface area (Å²) in [5.74, 6) is -1.26. The third-order valence-electron chi connectivity index (χ3n) is 5.12. The van der Waals surface area contributed by atoms with Crippen LogP contribution in [0.25, 0.3) is 10.6 Å². The molecule has 3 amide bonds. The molecule has 0 atom stereocenters. The van der Waals surface area contributed by atoms with E-state index in [1.807, 2.05) is 17.5 Å². The number of nitrogens with zero attached hydrogens (tertiary/aromatic N) is 3. The van der Waals surface area contributed by atoms with Crippen LogP contribution in [0.5, 0.6) is 0 Å². The number of carbonyl (C=O) groups excluding carboxylic acids is 3. The van der Waals surface area contributed by atoms with Crippen molar-refractivity contribution in [3.63, 3.8) is 0 Å². The van der Waals surface area contributed by atoms with Gasteiger partial charge in [-0.3, -0.25) is 29.4 Å². The number of hydrogen-bond donors (Lipinski definition) is 2. The molecule has 4 rings (SSSR count). The van der Waals surface area contributed by atoms with Crippen molar-refractivity contribution in [2.75, 3.05) is 13.1 Å².